The first-order valence-corrected chi connectivity index (χ1v) is 13.3. The van der Waals surface area contributed by atoms with Crippen molar-refractivity contribution in [3.8, 4) is 5.75 Å². The minimum Gasteiger partial charge on any atom is -0.488 e. The number of thiazole rings is 1. The molecule has 0 radical (unpaired) electrons. The zero-order valence-electron chi connectivity index (χ0n) is 20.9. The largest absolute Gasteiger partial charge is 0.488 e. The van der Waals surface area contributed by atoms with Crippen LogP contribution in [0.3, 0.4) is 0 Å². The van der Waals surface area contributed by atoms with Crippen LogP contribution in [-0.4, -0.2) is 17.6 Å². The maximum Gasteiger partial charge on any atom is 0.338 e. The van der Waals surface area contributed by atoms with E-state index < -0.39 is 12.0 Å². The molecule has 6 nitrogen and oxygen atoms in total. The highest BCUT2D eigenvalue weighted by Gasteiger charge is 2.33. The van der Waals surface area contributed by atoms with Gasteiger partial charge < -0.3 is 9.47 Å². The lowest BCUT2D eigenvalue weighted by atomic mass is 9.95. The van der Waals surface area contributed by atoms with Crippen LogP contribution >= 0.6 is 22.9 Å². The Morgan fingerprint density at radius 1 is 1.08 bits per heavy atom. The van der Waals surface area contributed by atoms with Crippen LogP contribution in [-0.2, 0) is 16.1 Å². The highest BCUT2D eigenvalue weighted by molar-refractivity contribution is 7.07. The van der Waals surface area contributed by atoms with E-state index in [9.17, 15) is 9.59 Å². The number of methoxy groups -OCH3 is 1. The molecule has 0 spiro atoms. The average Bonchev–Trinajstić information content (AvgIpc) is 3.25. The number of benzene rings is 3. The number of para-hydroxylation sites is 1. The van der Waals surface area contributed by atoms with Crippen molar-refractivity contribution in [3.05, 3.63) is 132 Å². The Kier molecular flexibility index (Phi) is 7.58. The summed E-state index contributed by atoms with van der Waals surface area (Å²) in [6.07, 6.45) is 2.34. The van der Waals surface area contributed by atoms with Gasteiger partial charge in [0.15, 0.2) is 4.80 Å². The first-order chi connectivity index (χ1) is 18.5. The van der Waals surface area contributed by atoms with Crippen molar-refractivity contribution < 1.29 is 14.3 Å². The van der Waals surface area contributed by atoms with Crippen molar-refractivity contribution in [2.24, 2.45) is 4.99 Å². The number of ether oxygens (including phenoxy) is 2. The molecule has 3 aromatic carbocycles. The van der Waals surface area contributed by atoms with E-state index in [4.69, 9.17) is 26.1 Å². The van der Waals surface area contributed by atoms with Crippen LogP contribution in [0.1, 0.15) is 36.1 Å². The van der Waals surface area contributed by atoms with E-state index in [1.807, 2.05) is 91.9 Å². The number of nitrogens with zero attached hydrogens (tertiary/aromatic N) is 2. The molecule has 2 heterocycles. The van der Waals surface area contributed by atoms with Gasteiger partial charge in [-0.3, -0.25) is 9.36 Å². The fourth-order valence-electron chi connectivity index (χ4n) is 4.48. The standard InChI is InChI=1S/C30H25ClN2O4S/c1-3-23-26(29(35)36-2)27(20-11-5-4-6-12-20)33-28(34)25(38-30(33)32-23)17-21-13-7-8-15-24(21)37-18-19-10-9-14-22(31)16-19/h4-17,27H,3,18H2,1-2H3/b25-17+/t27-/m1/s1. The van der Waals surface area contributed by atoms with E-state index in [-0.39, 0.29) is 5.56 Å². The number of hydrogen-bond donors (Lipinski definition) is 0. The summed E-state index contributed by atoms with van der Waals surface area (Å²) in [6.45, 7) is 2.27. The van der Waals surface area contributed by atoms with Crippen LogP contribution in [0, 0.1) is 0 Å². The van der Waals surface area contributed by atoms with E-state index in [0.29, 0.717) is 44.4 Å². The molecule has 5 rings (SSSR count). The van der Waals surface area contributed by atoms with Crippen molar-refractivity contribution in [2.75, 3.05) is 7.11 Å². The number of rotatable bonds is 7. The molecule has 1 aliphatic rings. The van der Waals surface area contributed by atoms with E-state index >= 15 is 0 Å². The second-order valence-electron chi connectivity index (χ2n) is 8.66. The molecule has 0 amide bonds. The average molecular weight is 545 g/mol. The Hall–Kier alpha value is -3.94. The fraction of sp³-hybridized carbons (Fsp3) is 0.167. The van der Waals surface area contributed by atoms with E-state index in [0.717, 1.165) is 16.7 Å². The highest BCUT2D eigenvalue weighted by atomic mass is 35.5. The van der Waals surface area contributed by atoms with Gasteiger partial charge in [0.2, 0.25) is 0 Å². The van der Waals surface area contributed by atoms with Crippen molar-refractivity contribution in [1.82, 2.24) is 4.57 Å². The number of fused-ring (bicyclic) bond motifs is 1. The van der Waals surface area contributed by atoms with Crippen LogP contribution in [0.4, 0.5) is 0 Å². The number of halogens is 1. The van der Waals surface area contributed by atoms with Crippen LogP contribution in [0.2, 0.25) is 5.02 Å². The Labute approximate surface area is 228 Å². The van der Waals surface area contributed by atoms with Gasteiger partial charge in [-0.25, -0.2) is 9.79 Å². The van der Waals surface area contributed by atoms with E-state index in [1.54, 1.807) is 4.57 Å². The molecule has 0 N–H and O–H groups in total. The zero-order chi connectivity index (χ0) is 26.6. The first-order valence-electron chi connectivity index (χ1n) is 12.1. The molecule has 192 valence electrons. The van der Waals surface area contributed by atoms with Crippen molar-refractivity contribution >= 4 is 35.0 Å². The molecule has 0 saturated carbocycles. The lowest BCUT2D eigenvalue weighted by Crippen LogP contribution is -2.40. The summed E-state index contributed by atoms with van der Waals surface area (Å²) in [5.74, 6) is 0.149. The lowest BCUT2D eigenvalue weighted by Gasteiger charge is -2.25. The quantitative estimate of drug-likeness (QED) is 0.306. The Morgan fingerprint density at radius 3 is 2.58 bits per heavy atom. The number of esters is 1. The Balaban J connectivity index is 1.61. The van der Waals surface area contributed by atoms with Crippen LogP contribution < -0.4 is 19.6 Å². The van der Waals surface area contributed by atoms with E-state index in [1.165, 1.54) is 18.4 Å². The summed E-state index contributed by atoms with van der Waals surface area (Å²) < 4.78 is 13.3. The predicted octanol–water partition coefficient (Wildman–Crippen LogP) is 5.03. The third kappa shape index (κ3) is 5.08. The molecular weight excluding hydrogens is 520 g/mol. The first kappa shape index (κ1) is 25.7. The minimum absolute atomic E-state index is 0.233. The third-order valence-corrected chi connectivity index (χ3v) is 7.47. The summed E-state index contributed by atoms with van der Waals surface area (Å²) >= 11 is 7.40. The summed E-state index contributed by atoms with van der Waals surface area (Å²) in [7, 11) is 1.34. The SMILES string of the molecule is CCC1=C(C(=O)OC)[C@@H](c2ccccc2)n2c(s/c(=C/c3ccccc3OCc3cccc(Cl)c3)c2=O)=N1. The molecule has 0 bridgehead atoms. The third-order valence-electron chi connectivity index (χ3n) is 6.25. The topological polar surface area (TPSA) is 69.9 Å². The molecule has 0 aliphatic carbocycles. The number of hydrogen-bond acceptors (Lipinski definition) is 6. The lowest BCUT2D eigenvalue weighted by molar-refractivity contribution is -0.136. The van der Waals surface area contributed by atoms with Crippen LogP contribution in [0.15, 0.2) is 99.9 Å². The van der Waals surface area contributed by atoms with Gasteiger partial charge in [-0.15, -0.1) is 0 Å². The molecule has 4 aromatic rings. The minimum atomic E-state index is -0.633. The number of allylic oxidation sites excluding steroid dienone is 1. The molecule has 38 heavy (non-hydrogen) atoms. The Bertz CT molecular complexity index is 1710. The van der Waals surface area contributed by atoms with E-state index in [2.05, 4.69) is 0 Å². The molecule has 1 aliphatic heterocycles. The maximum atomic E-state index is 13.8. The van der Waals surface area contributed by atoms with Gasteiger partial charge in [-0.1, -0.05) is 90.5 Å². The van der Waals surface area contributed by atoms with Gasteiger partial charge in [0, 0.05) is 10.6 Å². The Morgan fingerprint density at radius 2 is 1.84 bits per heavy atom. The van der Waals surface area contributed by atoms with Crippen molar-refractivity contribution in [3.63, 3.8) is 0 Å². The van der Waals surface area contributed by atoms with Gasteiger partial charge in [0.25, 0.3) is 5.56 Å². The fourth-order valence-corrected chi connectivity index (χ4v) is 5.70. The smallest absolute Gasteiger partial charge is 0.338 e. The summed E-state index contributed by atoms with van der Waals surface area (Å²) in [6, 6.07) is 23.9. The highest BCUT2D eigenvalue weighted by Crippen LogP contribution is 2.31. The second-order valence-corrected chi connectivity index (χ2v) is 10.1. The van der Waals surface area contributed by atoms with Gasteiger partial charge in [0.05, 0.1) is 29.0 Å². The van der Waals surface area contributed by atoms with Gasteiger partial charge in [0.1, 0.15) is 12.4 Å². The van der Waals surface area contributed by atoms with Crippen molar-refractivity contribution in [2.45, 2.75) is 26.0 Å². The molecule has 0 saturated heterocycles. The maximum absolute atomic E-state index is 13.8. The van der Waals surface area contributed by atoms with Crippen LogP contribution in [0.5, 0.6) is 5.75 Å². The summed E-state index contributed by atoms with van der Waals surface area (Å²) in [5.41, 5.74) is 3.28. The number of carbonyl (C=O) groups excluding carboxylic acids is 1. The molecule has 0 fully saturated rings. The molecular formula is C30H25ClN2O4S. The van der Waals surface area contributed by atoms with Gasteiger partial charge in [-0.05, 0) is 41.8 Å². The normalized spacial score (nSPS) is 15.1. The predicted molar refractivity (Wildman–Crippen MR) is 149 cm³/mol. The number of aromatic nitrogens is 1. The van der Waals surface area contributed by atoms with Crippen molar-refractivity contribution in [1.29, 1.82) is 0 Å². The van der Waals surface area contributed by atoms with Gasteiger partial charge in [-0.2, -0.15) is 0 Å². The van der Waals surface area contributed by atoms with Crippen LogP contribution in [0.25, 0.3) is 6.08 Å². The second kappa shape index (κ2) is 11.2. The number of carbonyl (C=O) groups is 1. The summed E-state index contributed by atoms with van der Waals surface area (Å²) in [4.78, 5) is 32.0. The zero-order valence-corrected chi connectivity index (χ0v) is 22.5. The summed E-state index contributed by atoms with van der Waals surface area (Å²) in [5, 5.41) is 0.645. The monoisotopic (exact) mass is 544 g/mol. The van der Waals surface area contributed by atoms with Gasteiger partial charge >= 0.3 is 5.97 Å². The molecule has 1 atom stereocenters. The molecule has 0 unspecified atom stereocenters. The molecule has 8 heteroatoms. The molecule has 1 aromatic heterocycles.